The largest absolute Gasteiger partial charge is 0.316 e. The molecule has 0 aromatic heterocycles. The van der Waals surface area contributed by atoms with E-state index >= 15 is 0 Å². The monoisotopic (exact) mass is 231 g/mol. The molecule has 0 atom stereocenters. The molecule has 0 radical (unpaired) electrons. The van der Waals surface area contributed by atoms with E-state index in [2.05, 4.69) is 57.3 Å². The number of nitrogens with one attached hydrogen (secondary N) is 1. The molecule has 0 bridgehead atoms. The Bertz CT molecular complexity index is 360. The van der Waals surface area contributed by atoms with E-state index in [-0.39, 0.29) is 5.41 Å². The summed E-state index contributed by atoms with van der Waals surface area (Å²) in [5.41, 5.74) is 3.71. The first-order valence-corrected chi connectivity index (χ1v) is 6.75. The fourth-order valence-corrected chi connectivity index (χ4v) is 2.53. The van der Waals surface area contributed by atoms with E-state index in [0.29, 0.717) is 5.41 Å². The summed E-state index contributed by atoms with van der Waals surface area (Å²) in [4.78, 5) is 0. The third-order valence-corrected chi connectivity index (χ3v) is 4.15. The van der Waals surface area contributed by atoms with Gasteiger partial charge in [0.2, 0.25) is 0 Å². The average molecular weight is 231 g/mol. The Kier molecular flexibility index (Phi) is 3.31. The van der Waals surface area contributed by atoms with Gasteiger partial charge in [0.05, 0.1) is 0 Å². The molecule has 1 N–H and O–H groups in total. The minimum Gasteiger partial charge on any atom is -0.316 e. The third kappa shape index (κ3) is 2.71. The van der Waals surface area contributed by atoms with Gasteiger partial charge in [-0.3, -0.25) is 0 Å². The first-order valence-electron chi connectivity index (χ1n) is 6.75. The summed E-state index contributed by atoms with van der Waals surface area (Å²) in [6.07, 6.45) is 2.50. The van der Waals surface area contributed by atoms with E-state index in [1.54, 1.807) is 0 Å². The van der Waals surface area contributed by atoms with Crippen LogP contribution in [0.3, 0.4) is 0 Å². The van der Waals surface area contributed by atoms with Gasteiger partial charge in [-0.1, -0.05) is 52.0 Å². The summed E-state index contributed by atoms with van der Waals surface area (Å²) in [6, 6.07) is 9.22. The molecule has 1 aromatic carbocycles. The molecule has 1 aliphatic heterocycles. The molecule has 0 unspecified atom stereocenters. The van der Waals surface area contributed by atoms with Crippen molar-refractivity contribution in [3.05, 3.63) is 35.4 Å². The van der Waals surface area contributed by atoms with Crippen LogP contribution in [-0.4, -0.2) is 13.1 Å². The van der Waals surface area contributed by atoms with E-state index in [4.69, 9.17) is 0 Å². The predicted molar refractivity (Wildman–Crippen MR) is 74.4 cm³/mol. The van der Waals surface area contributed by atoms with Crippen LogP contribution >= 0.6 is 0 Å². The van der Waals surface area contributed by atoms with Gasteiger partial charge < -0.3 is 5.32 Å². The molecule has 1 nitrogen and oxygen atoms in total. The van der Waals surface area contributed by atoms with Gasteiger partial charge in [-0.2, -0.15) is 0 Å². The van der Waals surface area contributed by atoms with Crippen molar-refractivity contribution in [2.24, 2.45) is 5.41 Å². The summed E-state index contributed by atoms with van der Waals surface area (Å²) in [7, 11) is 0. The molecule has 1 aromatic rings. The highest BCUT2D eigenvalue weighted by Crippen LogP contribution is 2.32. The molecule has 1 heteroatoms. The Morgan fingerprint density at radius 2 is 1.71 bits per heavy atom. The predicted octanol–water partition coefficient (Wildman–Crippen LogP) is 3.53. The van der Waals surface area contributed by atoms with Crippen LogP contribution in [0, 0.1) is 5.41 Å². The second-order valence-electron chi connectivity index (χ2n) is 6.58. The lowest BCUT2D eigenvalue weighted by molar-refractivity contribution is 0.160. The maximum Gasteiger partial charge on any atom is 0.00233 e. The summed E-state index contributed by atoms with van der Waals surface area (Å²) >= 11 is 0. The number of rotatable bonds is 3. The van der Waals surface area contributed by atoms with Crippen molar-refractivity contribution in [2.75, 3.05) is 13.1 Å². The van der Waals surface area contributed by atoms with Crippen molar-refractivity contribution in [1.29, 1.82) is 0 Å². The van der Waals surface area contributed by atoms with Crippen molar-refractivity contribution < 1.29 is 0 Å². The van der Waals surface area contributed by atoms with Crippen LogP contribution in [0.5, 0.6) is 0 Å². The molecule has 1 saturated heterocycles. The second-order valence-corrected chi connectivity index (χ2v) is 6.58. The Morgan fingerprint density at radius 1 is 1.12 bits per heavy atom. The molecular formula is C16H25N. The van der Waals surface area contributed by atoms with E-state index in [1.807, 2.05) is 0 Å². The Morgan fingerprint density at radius 3 is 2.06 bits per heavy atom. The van der Waals surface area contributed by atoms with Gasteiger partial charge in [-0.25, -0.2) is 0 Å². The minimum atomic E-state index is 0.263. The maximum atomic E-state index is 3.41. The zero-order valence-electron chi connectivity index (χ0n) is 11.6. The first-order chi connectivity index (χ1) is 7.95. The molecule has 0 aliphatic carbocycles. The Balaban J connectivity index is 2.08. The van der Waals surface area contributed by atoms with E-state index in [9.17, 15) is 0 Å². The van der Waals surface area contributed by atoms with Crippen LogP contribution in [0.1, 0.15) is 45.2 Å². The Hall–Kier alpha value is -0.820. The summed E-state index contributed by atoms with van der Waals surface area (Å²) in [5, 5.41) is 3.41. The topological polar surface area (TPSA) is 12.0 Å². The highest BCUT2D eigenvalue weighted by molar-refractivity contribution is 5.28. The standard InChI is InChI=1S/C16H25N/c1-5-16(11-17-12-16)10-13-6-8-14(9-7-13)15(2,3)4/h6-9,17H,5,10-12H2,1-4H3. The van der Waals surface area contributed by atoms with Gasteiger partial charge in [-0.05, 0) is 34.8 Å². The molecule has 94 valence electrons. The first kappa shape index (κ1) is 12.6. The highest BCUT2D eigenvalue weighted by atomic mass is 15.0. The number of hydrogen-bond donors (Lipinski definition) is 1. The van der Waals surface area contributed by atoms with Crippen molar-refractivity contribution in [3.63, 3.8) is 0 Å². The third-order valence-electron chi connectivity index (χ3n) is 4.15. The lowest BCUT2D eigenvalue weighted by atomic mass is 9.74. The van der Waals surface area contributed by atoms with Gasteiger partial charge >= 0.3 is 0 Å². The highest BCUT2D eigenvalue weighted by Gasteiger charge is 2.34. The summed E-state index contributed by atoms with van der Waals surface area (Å²) in [6.45, 7) is 11.5. The zero-order valence-corrected chi connectivity index (χ0v) is 11.6. The fraction of sp³-hybridized carbons (Fsp3) is 0.625. The second kappa shape index (κ2) is 4.45. The average Bonchev–Trinajstić information content (AvgIpc) is 2.23. The van der Waals surface area contributed by atoms with Crippen LogP contribution < -0.4 is 5.32 Å². The molecule has 1 aliphatic rings. The van der Waals surface area contributed by atoms with Gasteiger partial charge in [0, 0.05) is 13.1 Å². The smallest absolute Gasteiger partial charge is 0.00233 e. The molecule has 0 spiro atoms. The van der Waals surface area contributed by atoms with Crippen LogP contribution in [0.15, 0.2) is 24.3 Å². The van der Waals surface area contributed by atoms with Gasteiger partial charge in [0.1, 0.15) is 0 Å². The lowest BCUT2D eigenvalue weighted by Gasteiger charge is -2.42. The normalized spacial score (nSPS) is 18.8. The summed E-state index contributed by atoms with van der Waals surface area (Å²) < 4.78 is 0. The van der Waals surface area contributed by atoms with Crippen molar-refractivity contribution in [3.8, 4) is 0 Å². The van der Waals surface area contributed by atoms with Crippen LogP contribution in [0.4, 0.5) is 0 Å². The molecule has 0 saturated carbocycles. The van der Waals surface area contributed by atoms with Crippen molar-refractivity contribution >= 4 is 0 Å². The minimum absolute atomic E-state index is 0.263. The summed E-state index contributed by atoms with van der Waals surface area (Å²) in [5.74, 6) is 0. The van der Waals surface area contributed by atoms with E-state index in [1.165, 1.54) is 37.1 Å². The van der Waals surface area contributed by atoms with E-state index in [0.717, 1.165) is 0 Å². The van der Waals surface area contributed by atoms with Crippen LogP contribution in [0.25, 0.3) is 0 Å². The van der Waals surface area contributed by atoms with Gasteiger partial charge in [0.15, 0.2) is 0 Å². The number of hydrogen-bond acceptors (Lipinski definition) is 1. The van der Waals surface area contributed by atoms with E-state index < -0.39 is 0 Å². The lowest BCUT2D eigenvalue weighted by Crippen LogP contribution is -2.54. The van der Waals surface area contributed by atoms with Crippen molar-refractivity contribution in [1.82, 2.24) is 5.32 Å². The quantitative estimate of drug-likeness (QED) is 0.839. The Labute approximate surface area is 106 Å². The maximum absolute atomic E-state index is 3.41. The van der Waals surface area contributed by atoms with Crippen molar-refractivity contribution in [2.45, 2.75) is 46.0 Å². The molecule has 1 heterocycles. The van der Waals surface area contributed by atoms with Gasteiger partial charge in [-0.15, -0.1) is 0 Å². The molecule has 1 fully saturated rings. The van der Waals surface area contributed by atoms with Crippen LogP contribution in [-0.2, 0) is 11.8 Å². The molecule has 17 heavy (non-hydrogen) atoms. The zero-order chi connectivity index (χ0) is 12.5. The number of benzene rings is 1. The van der Waals surface area contributed by atoms with Gasteiger partial charge in [0.25, 0.3) is 0 Å². The SMILES string of the molecule is CCC1(Cc2ccc(C(C)(C)C)cc2)CNC1. The molecule has 0 amide bonds. The molecular weight excluding hydrogens is 206 g/mol. The molecule has 2 rings (SSSR count). The fourth-order valence-electron chi connectivity index (χ4n) is 2.53. The van der Waals surface area contributed by atoms with Crippen LogP contribution in [0.2, 0.25) is 0 Å².